The van der Waals surface area contributed by atoms with E-state index in [1.807, 2.05) is 0 Å². The summed E-state index contributed by atoms with van der Waals surface area (Å²) in [6.45, 7) is 3.66. The molecule has 2 heterocycles. The van der Waals surface area contributed by atoms with Crippen molar-refractivity contribution < 1.29 is 9.18 Å². The van der Waals surface area contributed by atoms with Gasteiger partial charge in [-0.05, 0) is 38.4 Å². The van der Waals surface area contributed by atoms with Gasteiger partial charge in [-0.25, -0.2) is 14.4 Å². The zero-order valence-corrected chi connectivity index (χ0v) is 13.0. The lowest BCUT2D eigenvalue weighted by atomic mass is 9.98. The molecule has 2 N–H and O–H groups in total. The van der Waals surface area contributed by atoms with Crippen LogP contribution in [-0.4, -0.2) is 29.0 Å². The summed E-state index contributed by atoms with van der Waals surface area (Å²) >= 11 is 0. The van der Waals surface area contributed by atoms with E-state index in [2.05, 4.69) is 20.6 Å². The normalized spacial score (nSPS) is 17.7. The molecule has 5 nitrogen and oxygen atoms in total. The Kier molecular flexibility index (Phi) is 4.62. The SMILES string of the molecule is Cc1nc(C2CCCNC2)ncc1C(=O)Nc1ccccc1F. The molecule has 1 amide bonds. The summed E-state index contributed by atoms with van der Waals surface area (Å²) < 4.78 is 13.6. The first-order valence-corrected chi connectivity index (χ1v) is 7.75. The van der Waals surface area contributed by atoms with Crippen LogP contribution in [0.4, 0.5) is 10.1 Å². The quantitative estimate of drug-likeness (QED) is 0.914. The molecular weight excluding hydrogens is 295 g/mol. The van der Waals surface area contributed by atoms with Gasteiger partial charge in [-0.2, -0.15) is 0 Å². The van der Waals surface area contributed by atoms with Gasteiger partial charge in [0.15, 0.2) is 0 Å². The number of piperidine rings is 1. The number of rotatable bonds is 3. The van der Waals surface area contributed by atoms with Crippen molar-refractivity contribution >= 4 is 11.6 Å². The van der Waals surface area contributed by atoms with Crippen molar-refractivity contribution in [3.63, 3.8) is 0 Å². The molecule has 3 rings (SSSR count). The minimum absolute atomic E-state index is 0.150. The molecule has 0 spiro atoms. The van der Waals surface area contributed by atoms with E-state index in [0.29, 0.717) is 11.3 Å². The number of nitrogens with one attached hydrogen (secondary N) is 2. The van der Waals surface area contributed by atoms with E-state index >= 15 is 0 Å². The third-order valence-electron chi connectivity index (χ3n) is 4.03. The van der Waals surface area contributed by atoms with Crippen molar-refractivity contribution in [2.24, 2.45) is 0 Å². The number of anilines is 1. The summed E-state index contributed by atoms with van der Waals surface area (Å²) in [5, 5.41) is 5.89. The number of benzene rings is 1. The van der Waals surface area contributed by atoms with Crippen molar-refractivity contribution in [2.45, 2.75) is 25.7 Å². The van der Waals surface area contributed by atoms with Crippen LogP contribution in [0.2, 0.25) is 0 Å². The number of para-hydroxylation sites is 1. The number of hydrogen-bond donors (Lipinski definition) is 2. The number of nitrogens with zero attached hydrogens (tertiary/aromatic N) is 2. The average molecular weight is 314 g/mol. The minimum atomic E-state index is -0.468. The molecule has 0 aliphatic carbocycles. The van der Waals surface area contributed by atoms with Gasteiger partial charge in [0.25, 0.3) is 5.91 Å². The lowest BCUT2D eigenvalue weighted by Crippen LogP contribution is -2.29. The Labute approximate surface area is 134 Å². The van der Waals surface area contributed by atoms with Gasteiger partial charge >= 0.3 is 0 Å². The summed E-state index contributed by atoms with van der Waals surface area (Å²) in [7, 11) is 0. The number of aryl methyl sites for hydroxylation is 1. The summed E-state index contributed by atoms with van der Waals surface area (Å²) in [6.07, 6.45) is 3.68. The molecule has 1 atom stereocenters. The van der Waals surface area contributed by atoms with E-state index in [9.17, 15) is 9.18 Å². The fourth-order valence-corrected chi connectivity index (χ4v) is 2.73. The summed E-state index contributed by atoms with van der Waals surface area (Å²) in [5.74, 6) is 0.175. The second-order valence-electron chi connectivity index (χ2n) is 5.70. The molecule has 1 aromatic carbocycles. The number of carbonyl (C=O) groups excluding carboxylic acids is 1. The number of carbonyl (C=O) groups is 1. The predicted octanol–water partition coefficient (Wildman–Crippen LogP) is 2.64. The molecule has 1 unspecified atom stereocenters. The summed E-state index contributed by atoms with van der Waals surface area (Å²) in [6, 6.07) is 6.07. The Balaban J connectivity index is 1.77. The van der Waals surface area contributed by atoms with Gasteiger partial charge in [0.05, 0.1) is 16.9 Å². The van der Waals surface area contributed by atoms with Crippen LogP contribution in [0.5, 0.6) is 0 Å². The van der Waals surface area contributed by atoms with Crippen molar-refractivity contribution in [3.8, 4) is 0 Å². The highest BCUT2D eigenvalue weighted by Crippen LogP contribution is 2.21. The number of aromatic nitrogens is 2. The van der Waals surface area contributed by atoms with Gasteiger partial charge in [0.1, 0.15) is 11.6 Å². The van der Waals surface area contributed by atoms with Gasteiger partial charge in [0.2, 0.25) is 0 Å². The average Bonchev–Trinajstić information content (AvgIpc) is 2.57. The first-order valence-electron chi connectivity index (χ1n) is 7.75. The molecule has 0 radical (unpaired) electrons. The van der Waals surface area contributed by atoms with Crippen LogP contribution in [0, 0.1) is 12.7 Å². The topological polar surface area (TPSA) is 66.9 Å². The summed E-state index contributed by atoms with van der Waals surface area (Å²) in [4.78, 5) is 21.1. The molecule has 1 aliphatic rings. The minimum Gasteiger partial charge on any atom is -0.319 e. The largest absolute Gasteiger partial charge is 0.319 e. The fraction of sp³-hybridized carbons (Fsp3) is 0.353. The van der Waals surface area contributed by atoms with Gasteiger partial charge in [-0.1, -0.05) is 12.1 Å². The van der Waals surface area contributed by atoms with Gasteiger partial charge in [0, 0.05) is 18.7 Å². The van der Waals surface area contributed by atoms with E-state index in [-0.39, 0.29) is 11.6 Å². The Morgan fingerprint density at radius 2 is 2.22 bits per heavy atom. The Bertz CT molecular complexity index is 713. The van der Waals surface area contributed by atoms with Crippen LogP contribution in [0.3, 0.4) is 0 Å². The maximum Gasteiger partial charge on any atom is 0.259 e. The van der Waals surface area contributed by atoms with Crippen LogP contribution in [-0.2, 0) is 0 Å². The van der Waals surface area contributed by atoms with E-state index in [1.165, 1.54) is 18.3 Å². The van der Waals surface area contributed by atoms with E-state index < -0.39 is 11.7 Å². The van der Waals surface area contributed by atoms with Crippen molar-refractivity contribution in [1.29, 1.82) is 0 Å². The first-order chi connectivity index (χ1) is 11.1. The number of hydrogen-bond acceptors (Lipinski definition) is 4. The van der Waals surface area contributed by atoms with E-state index in [4.69, 9.17) is 0 Å². The molecule has 0 saturated carbocycles. The molecule has 1 aromatic heterocycles. The molecule has 1 aliphatic heterocycles. The number of amides is 1. The highest BCUT2D eigenvalue weighted by atomic mass is 19.1. The second kappa shape index (κ2) is 6.83. The molecule has 1 fully saturated rings. The van der Waals surface area contributed by atoms with E-state index in [0.717, 1.165) is 31.8 Å². The maximum absolute atomic E-state index is 13.6. The molecule has 1 saturated heterocycles. The lowest BCUT2D eigenvalue weighted by molar-refractivity contribution is 0.102. The zero-order valence-electron chi connectivity index (χ0n) is 13.0. The monoisotopic (exact) mass is 314 g/mol. The molecule has 0 bridgehead atoms. The lowest BCUT2D eigenvalue weighted by Gasteiger charge is -2.21. The van der Waals surface area contributed by atoms with Crippen LogP contribution in [0.15, 0.2) is 30.5 Å². The highest BCUT2D eigenvalue weighted by molar-refractivity contribution is 6.04. The zero-order chi connectivity index (χ0) is 16.2. The molecule has 120 valence electrons. The summed E-state index contributed by atoms with van der Waals surface area (Å²) in [5.41, 5.74) is 1.12. The van der Waals surface area contributed by atoms with Crippen molar-refractivity contribution in [3.05, 3.63) is 53.4 Å². The van der Waals surface area contributed by atoms with Crippen LogP contribution in [0.25, 0.3) is 0 Å². The molecular formula is C17H19FN4O. The highest BCUT2D eigenvalue weighted by Gasteiger charge is 2.20. The van der Waals surface area contributed by atoms with Crippen LogP contribution >= 0.6 is 0 Å². The Hall–Kier alpha value is -2.34. The maximum atomic E-state index is 13.6. The standard InChI is InChI=1S/C17H19FN4O/c1-11-13(17(23)22-15-7-3-2-6-14(15)18)10-20-16(21-11)12-5-4-8-19-9-12/h2-3,6-7,10,12,19H,4-5,8-9H2,1H3,(H,22,23). The van der Waals surface area contributed by atoms with E-state index in [1.54, 1.807) is 19.1 Å². The molecule has 6 heteroatoms. The first kappa shape index (κ1) is 15.6. The van der Waals surface area contributed by atoms with Crippen molar-refractivity contribution in [1.82, 2.24) is 15.3 Å². The third-order valence-corrected chi connectivity index (χ3v) is 4.03. The van der Waals surface area contributed by atoms with Gasteiger partial charge in [-0.15, -0.1) is 0 Å². The van der Waals surface area contributed by atoms with Crippen LogP contribution < -0.4 is 10.6 Å². The van der Waals surface area contributed by atoms with Gasteiger partial charge in [-0.3, -0.25) is 4.79 Å². The second-order valence-corrected chi connectivity index (χ2v) is 5.70. The molecule has 23 heavy (non-hydrogen) atoms. The smallest absolute Gasteiger partial charge is 0.259 e. The third kappa shape index (κ3) is 3.53. The predicted molar refractivity (Wildman–Crippen MR) is 86.0 cm³/mol. The number of halogens is 1. The van der Waals surface area contributed by atoms with Gasteiger partial charge < -0.3 is 10.6 Å². The van der Waals surface area contributed by atoms with Crippen molar-refractivity contribution in [2.75, 3.05) is 18.4 Å². The molecule has 2 aromatic rings. The van der Waals surface area contributed by atoms with Crippen LogP contribution in [0.1, 0.15) is 40.6 Å². The Morgan fingerprint density at radius 1 is 1.39 bits per heavy atom. The fourth-order valence-electron chi connectivity index (χ4n) is 2.73. The Morgan fingerprint density at radius 3 is 2.91 bits per heavy atom.